The van der Waals surface area contributed by atoms with Crippen molar-refractivity contribution in [1.82, 2.24) is 0 Å². The van der Waals surface area contributed by atoms with Crippen molar-refractivity contribution in [2.75, 3.05) is 6.61 Å². The van der Waals surface area contributed by atoms with Gasteiger partial charge in [0.2, 0.25) is 0 Å². The fourth-order valence-corrected chi connectivity index (χ4v) is 0.773. The first kappa shape index (κ1) is 13.7. The van der Waals surface area contributed by atoms with Crippen molar-refractivity contribution >= 4 is 11.9 Å². The molecule has 0 aromatic carbocycles. The highest BCUT2D eigenvalue weighted by molar-refractivity contribution is 5.91. The Morgan fingerprint density at radius 1 is 1.20 bits per heavy atom. The van der Waals surface area contributed by atoms with Gasteiger partial charge in [0.15, 0.2) is 0 Å². The van der Waals surface area contributed by atoms with Crippen molar-refractivity contribution in [3.05, 3.63) is 12.2 Å². The fourth-order valence-electron chi connectivity index (χ4n) is 0.773. The van der Waals surface area contributed by atoms with Gasteiger partial charge in [0.05, 0.1) is 12.7 Å². The number of carbonyl (C=O) groups is 2. The average molecular weight is 214 g/mol. The summed E-state index contributed by atoms with van der Waals surface area (Å²) in [6, 6.07) is 0. The van der Waals surface area contributed by atoms with E-state index in [0.717, 1.165) is 25.0 Å². The number of rotatable bonds is 6. The minimum Gasteiger partial charge on any atom is -0.463 e. The van der Waals surface area contributed by atoms with E-state index in [1.165, 1.54) is 0 Å². The second-order valence-electron chi connectivity index (χ2n) is 3.34. The van der Waals surface area contributed by atoms with Crippen molar-refractivity contribution in [3.8, 4) is 0 Å². The molecule has 0 aliphatic carbocycles. The highest BCUT2D eigenvalue weighted by Gasteiger charge is 2.02. The van der Waals surface area contributed by atoms with E-state index in [0.29, 0.717) is 6.61 Å². The highest BCUT2D eigenvalue weighted by atomic mass is 16.5. The Morgan fingerprint density at radius 2 is 1.80 bits per heavy atom. The van der Waals surface area contributed by atoms with E-state index in [4.69, 9.17) is 9.47 Å². The van der Waals surface area contributed by atoms with E-state index >= 15 is 0 Å². The van der Waals surface area contributed by atoms with Crippen molar-refractivity contribution in [1.29, 1.82) is 0 Å². The van der Waals surface area contributed by atoms with Gasteiger partial charge in [-0.3, -0.25) is 0 Å². The summed E-state index contributed by atoms with van der Waals surface area (Å²) in [5.41, 5.74) is 0. The third-order valence-electron chi connectivity index (χ3n) is 1.45. The molecule has 0 unspecified atom stereocenters. The molecular formula is C11H18O4. The van der Waals surface area contributed by atoms with Crippen LogP contribution >= 0.6 is 0 Å². The Hall–Kier alpha value is -1.32. The molecule has 0 aromatic rings. The second kappa shape index (κ2) is 8.03. The molecule has 4 heteroatoms. The summed E-state index contributed by atoms with van der Waals surface area (Å²) >= 11 is 0. The predicted molar refractivity (Wildman–Crippen MR) is 56.2 cm³/mol. The lowest BCUT2D eigenvalue weighted by atomic mass is 10.4. The van der Waals surface area contributed by atoms with Gasteiger partial charge >= 0.3 is 11.9 Å². The maximum Gasteiger partial charge on any atom is 0.331 e. The topological polar surface area (TPSA) is 52.6 Å². The quantitative estimate of drug-likeness (QED) is 0.384. The van der Waals surface area contributed by atoms with Gasteiger partial charge in [-0.05, 0) is 20.3 Å². The van der Waals surface area contributed by atoms with Crippen LogP contribution in [0.4, 0.5) is 0 Å². The highest BCUT2D eigenvalue weighted by Crippen LogP contribution is 1.92. The van der Waals surface area contributed by atoms with Crippen LogP contribution in [0.15, 0.2) is 12.2 Å². The molecule has 0 fully saturated rings. The number of unbranched alkanes of at least 4 members (excludes halogenated alkanes) is 1. The molecule has 0 aromatic heterocycles. The normalized spacial score (nSPS) is 10.7. The molecule has 0 atom stereocenters. The Labute approximate surface area is 90.2 Å². The van der Waals surface area contributed by atoms with Gasteiger partial charge in [0.25, 0.3) is 0 Å². The van der Waals surface area contributed by atoms with E-state index in [-0.39, 0.29) is 6.10 Å². The van der Waals surface area contributed by atoms with E-state index in [1.807, 2.05) is 6.92 Å². The van der Waals surface area contributed by atoms with E-state index < -0.39 is 11.9 Å². The molecule has 0 aliphatic rings. The zero-order valence-corrected chi connectivity index (χ0v) is 9.49. The zero-order chi connectivity index (χ0) is 11.7. The van der Waals surface area contributed by atoms with Crippen LogP contribution < -0.4 is 0 Å². The van der Waals surface area contributed by atoms with Crippen LogP contribution in [-0.2, 0) is 19.1 Å². The minimum absolute atomic E-state index is 0.182. The first-order chi connectivity index (χ1) is 7.06. The standard InChI is InChI=1S/C11H18O4/c1-4-5-8-14-10(12)6-7-11(13)15-9(2)3/h6-7,9H,4-5,8H2,1-3H3/b7-6-. The lowest BCUT2D eigenvalue weighted by Crippen LogP contribution is -2.09. The molecule has 0 heterocycles. The number of ether oxygens (including phenoxy) is 2. The molecule has 0 amide bonds. The molecule has 0 bridgehead atoms. The Bertz CT molecular complexity index is 231. The molecule has 0 spiro atoms. The third-order valence-corrected chi connectivity index (χ3v) is 1.45. The summed E-state index contributed by atoms with van der Waals surface area (Å²) in [6.07, 6.45) is 3.77. The Kier molecular flexibility index (Phi) is 7.32. The maximum atomic E-state index is 11.0. The summed E-state index contributed by atoms with van der Waals surface area (Å²) in [6.45, 7) is 5.87. The van der Waals surface area contributed by atoms with Gasteiger partial charge < -0.3 is 9.47 Å². The monoisotopic (exact) mass is 214 g/mol. The summed E-state index contributed by atoms with van der Waals surface area (Å²) in [4.78, 5) is 22.0. The fraction of sp³-hybridized carbons (Fsp3) is 0.636. The molecule has 15 heavy (non-hydrogen) atoms. The van der Waals surface area contributed by atoms with Gasteiger partial charge in [-0.25, -0.2) is 9.59 Å². The summed E-state index contributed by atoms with van der Waals surface area (Å²) in [7, 11) is 0. The van der Waals surface area contributed by atoms with E-state index in [9.17, 15) is 9.59 Å². The van der Waals surface area contributed by atoms with Gasteiger partial charge in [-0.1, -0.05) is 13.3 Å². The molecule has 0 rings (SSSR count). The summed E-state index contributed by atoms with van der Waals surface area (Å²) in [5, 5.41) is 0. The van der Waals surface area contributed by atoms with Crippen LogP contribution in [0.3, 0.4) is 0 Å². The SMILES string of the molecule is CCCCOC(=O)/C=C\C(=O)OC(C)C. The van der Waals surface area contributed by atoms with E-state index in [2.05, 4.69) is 0 Å². The Morgan fingerprint density at radius 3 is 2.33 bits per heavy atom. The van der Waals surface area contributed by atoms with Crippen molar-refractivity contribution in [2.45, 2.75) is 39.7 Å². The van der Waals surface area contributed by atoms with E-state index in [1.54, 1.807) is 13.8 Å². The van der Waals surface area contributed by atoms with Gasteiger partial charge in [-0.15, -0.1) is 0 Å². The molecule has 86 valence electrons. The van der Waals surface area contributed by atoms with Crippen LogP contribution in [0.1, 0.15) is 33.6 Å². The van der Waals surface area contributed by atoms with Crippen molar-refractivity contribution in [2.24, 2.45) is 0 Å². The van der Waals surface area contributed by atoms with Crippen LogP contribution in [-0.4, -0.2) is 24.6 Å². The second-order valence-corrected chi connectivity index (χ2v) is 3.34. The number of carbonyl (C=O) groups excluding carboxylic acids is 2. The Balaban J connectivity index is 3.74. The molecule has 0 radical (unpaired) electrons. The zero-order valence-electron chi connectivity index (χ0n) is 9.49. The van der Waals surface area contributed by atoms with Gasteiger partial charge in [0.1, 0.15) is 0 Å². The smallest absolute Gasteiger partial charge is 0.331 e. The average Bonchev–Trinajstić information content (AvgIpc) is 2.14. The maximum absolute atomic E-state index is 11.0. The number of esters is 2. The van der Waals surface area contributed by atoms with Crippen molar-refractivity contribution < 1.29 is 19.1 Å². The first-order valence-electron chi connectivity index (χ1n) is 5.11. The lowest BCUT2D eigenvalue weighted by molar-refractivity contribution is -0.142. The van der Waals surface area contributed by atoms with Gasteiger partial charge in [0, 0.05) is 12.2 Å². The van der Waals surface area contributed by atoms with Crippen molar-refractivity contribution in [3.63, 3.8) is 0 Å². The first-order valence-corrected chi connectivity index (χ1v) is 5.11. The largest absolute Gasteiger partial charge is 0.463 e. The molecule has 0 aliphatic heterocycles. The molecule has 0 saturated carbocycles. The molecule has 0 N–H and O–H groups in total. The summed E-state index contributed by atoms with van der Waals surface area (Å²) < 4.78 is 9.60. The number of hydrogen-bond donors (Lipinski definition) is 0. The molecule has 0 saturated heterocycles. The van der Waals surface area contributed by atoms with Crippen LogP contribution in [0.5, 0.6) is 0 Å². The van der Waals surface area contributed by atoms with Crippen LogP contribution in [0.2, 0.25) is 0 Å². The van der Waals surface area contributed by atoms with Crippen LogP contribution in [0.25, 0.3) is 0 Å². The molecular weight excluding hydrogens is 196 g/mol. The summed E-state index contributed by atoms with van der Waals surface area (Å²) in [5.74, 6) is -1.04. The molecule has 4 nitrogen and oxygen atoms in total. The predicted octanol–water partition coefficient (Wildman–Crippen LogP) is 1.84. The van der Waals surface area contributed by atoms with Crippen LogP contribution in [0, 0.1) is 0 Å². The third kappa shape index (κ3) is 9.00. The minimum atomic E-state index is -0.530. The number of hydrogen-bond acceptors (Lipinski definition) is 4. The lowest BCUT2D eigenvalue weighted by Gasteiger charge is -2.03. The van der Waals surface area contributed by atoms with Gasteiger partial charge in [-0.2, -0.15) is 0 Å².